The van der Waals surface area contributed by atoms with Gasteiger partial charge < -0.3 is 10.6 Å². The highest BCUT2D eigenvalue weighted by Crippen LogP contribution is 2.29. The van der Waals surface area contributed by atoms with Gasteiger partial charge in [0.25, 0.3) is 0 Å². The first-order valence-corrected chi connectivity index (χ1v) is 10.00. The number of rotatable bonds is 6. The molecule has 3 nitrogen and oxygen atoms in total. The monoisotopic (exact) mass is 401 g/mol. The number of benzene rings is 2. The molecule has 1 atom stereocenters. The maximum absolute atomic E-state index is 6.08. The van der Waals surface area contributed by atoms with Crippen molar-refractivity contribution in [3.05, 3.63) is 64.1 Å². The van der Waals surface area contributed by atoms with Crippen LogP contribution in [-0.2, 0) is 13.0 Å². The van der Waals surface area contributed by atoms with E-state index in [1.54, 1.807) is 0 Å². The summed E-state index contributed by atoms with van der Waals surface area (Å²) < 4.78 is 1.19. The molecule has 2 aromatic rings. The lowest BCUT2D eigenvalue weighted by Gasteiger charge is -2.36. The summed E-state index contributed by atoms with van der Waals surface area (Å²) in [5, 5.41) is 0. The molecule has 134 valence electrons. The molecule has 2 N–H and O–H groups in total. The average molecular weight is 402 g/mol. The van der Waals surface area contributed by atoms with E-state index in [1.807, 2.05) is 0 Å². The summed E-state index contributed by atoms with van der Waals surface area (Å²) in [6, 6.07) is 17.7. The van der Waals surface area contributed by atoms with Crippen molar-refractivity contribution in [1.29, 1.82) is 0 Å². The summed E-state index contributed by atoms with van der Waals surface area (Å²) >= 11 is 3.77. The Kier molecular flexibility index (Phi) is 6.51. The minimum Gasteiger partial charge on any atom is -0.368 e. The van der Waals surface area contributed by atoms with Gasteiger partial charge in [-0.2, -0.15) is 0 Å². The SMILES string of the molecule is CCC(N)Cc1ccc(N2CCN(Cc3ccccc3)CC2)c(Br)c1. The van der Waals surface area contributed by atoms with Crippen LogP contribution in [-0.4, -0.2) is 37.1 Å². The Morgan fingerprint density at radius 3 is 2.36 bits per heavy atom. The van der Waals surface area contributed by atoms with Crippen molar-refractivity contribution >= 4 is 21.6 Å². The summed E-state index contributed by atoms with van der Waals surface area (Å²) in [5.41, 5.74) is 10.1. The molecule has 3 rings (SSSR count). The normalized spacial score (nSPS) is 16.8. The van der Waals surface area contributed by atoms with Crippen molar-refractivity contribution in [2.75, 3.05) is 31.1 Å². The number of piperazine rings is 1. The Hall–Kier alpha value is -1.36. The number of nitrogens with two attached hydrogens (primary N) is 1. The first-order chi connectivity index (χ1) is 12.2. The molecule has 1 fully saturated rings. The van der Waals surface area contributed by atoms with Crippen LogP contribution in [0.4, 0.5) is 5.69 Å². The first-order valence-electron chi connectivity index (χ1n) is 9.21. The lowest BCUT2D eigenvalue weighted by Crippen LogP contribution is -2.46. The summed E-state index contributed by atoms with van der Waals surface area (Å²) in [5.74, 6) is 0. The van der Waals surface area contributed by atoms with Gasteiger partial charge >= 0.3 is 0 Å². The fourth-order valence-electron chi connectivity index (χ4n) is 3.37. The minimum absolute atomic E-state index is 0.249. The highest BCUT2D eigenvalue weighted by atomic mass is 79.9. The molecule has 0 spiro atoms. The maximum atomic E-state index is 6.08. The van der Waals surface area contributed by atoms with E-state index >= 15 is 0 Å². The zero-order valence-electron chi connectivity index (χ0n) is 15.0. The van der Waals surface area contributed by atoms with Gasteiger partial charge in [0.2, 0.25) is 0 Å². The highest BCUT2D eigenvalue weighted by Gasteiger charge is 2.19. The molecule has 1 saturated heterocycles. The molecule has 0 saturated carbocycles. The first kappa shape index (κ1) is 18.4. The second kappa shape index (κ2) is 8.84. The van der Waals surface area contributed by atoms with Crippen LogP contribution in [0.5, 0.6) is 0 Å². The van der Waals surface area contributed by atoms with E-state index in [9.17, 15) is 0 Å². The second-order valence-electron chi connectivity index (χ2n) is 6.91. The van der Waals surface area contributed by atoms with Gasteiger partial charge in [0.15, 0.2) is 0 Å². The van der Waals surface area contributed by atoms with Crippen LogP contribution in [0.3, 0.4) is 0 Å². The quantitative estimate of drug-likeness (QED) is 0.791. The van der Waals surface area contributed by atoms with Gasteiger partial charge in [0.05, 0.1) is 5.69 Å². The molecule has 0 aliphatic carbocycles. The number of halogens is 1. The van der Waals surface area contributed by atoms with Gasteiger partial charge in [0.1, 0.15) is 0 Å². The fraction of sp³-hybridized carbons (Fsp3) is 0.429. The third-order valence-electron chi connectivity index (χ3n) is 5.00. The third-order valence-corrected chi connectivity index (χ3v) is 5.63. The molecule has 0 amide bonds. The Morgan fingerprint density at radius 2 is 1.72 bits per heavy atom. The fourth-order valence-corrected chi connectivity index (χ4v) is 4.05. The number of anilines is 1. The predicted octanol–water partition coefficient (Wildman–Crippen LogP) is 4.05. The molecule has 1 unspecified atom stereocenters. The molecule has 0 aromatic heterocycles. The largest absolute Gasteiger partial charge is 0.368 e. The molecule has 0 radical (unpaired) electrons. The van der Waals surface area contributed by atoms with Crippen molar-refractivity contribution < 1.29 is 0 Å². The zero-order chi connectivity index (χ0) is 17.6. The van der Waals surface area contributed by atoms with Crippen molar-refractivity contribution in [3.63, 3.8) is 0 Å². The van der Waals surface area contributed by atoms with Gasteiger partial charge in [0, 0.05) is 43.2 Å². The average Bonchev–Trinajstić information content (AvgIpc) is 2.63. The second-order valence-corrected chi connectivity index (χ2v) is 7.76. The van der Waals surface area contributed by atoms with E-state index in [2.05, 4.69) is 81.2 Å². The molecule has 0 bridgehead atoms. The molecular weight excluding hydrogens is 374 g/mol. The maximum Gasteiger partial charge on any atom is 0.0511 e. The molecular formula is C21H28BrN3. The van der Waals surface area contributed by atoms with E-state index in [0.717, 1.165) is 45.6 Å². The number of hydrogen-bond donors (Lipinski definition) is 1. The molecule has 1 aliphatic heterocycles. The lowest BCUT2D eigenvalue weighted by atomic mass is 10.0. The summed E-state index contributed by atoms with van der Waals surface area (Å²) in [6.45, 7) is 7.53. The topological polar surface area (TPSA) is 32.5 Å². The highest BCUT2D eigenvalue weighted by molar-refractivity contribution is 9.10. The smallest absolute Gasteiger partial charge is 0.0511 e. The molecule has 1 heterocycles. The Balaban J connectivity index is 1.57. The van der Waals surface area contributed by atoms with Crippen LogP contribution in [0.25, 0.3) is 0 Å². The third kappa shape index (κ3) is 5.06. The van der Waals surface area contributed by atoms with E-state index < -0.39 is 0 Å². The zero-order valence-corrected chi connectivity index (χ0v) is 16.6. The van der Waals surface area contributed by atoms with Gasteiger partial charge in [-0.15, -0.1) is 0 Å². The standard InChI is InChI=1S/C21H28BrN3/c1-2-19(23)14-18-8-9-21(20(22)15-18)25-12-10-24(11-13-25)16-17-6-4-3-5-7-17/h3-9,15,19H,2,10-14,16,23H2,1H3. The van der Waals surface area contributed by atoms with Crippen molar-refractivity contribution in [3.8, 4) is 0 Å². The van der Waals surface area contributed by atoms with Crippen molar-refractivity contribution in [2.24, 2.45) is 5.73 Å². The molecule has 25 heavy (non-hydrogen) atoms. The van der Waals surface area contributed by atoms with Gasteiger partial charge in [-0.1, -0.05) is 43.3 Å². The van der Waals surface area contributed by atoms with Crippen LogP contribution in [0.1, 0.15) is 24.5 Å². The Labute approximate surface area is 159 Å². The number of nitrogens with zero attached hydrogens (tertiary/aromatic N) is 2. The van der Waals surface area contributed by atoms with Gasteiger partial charge in [-0.25, -0.2) is 0 Å². The molecule has 4 heteroatoms. The van der Waals surface area contributed by atoms with E-state index in [-0.39, 0.29) is 6.04 Å². The minimum atomic E-state index is 0.249. The van der Waals surface area contributed by atoms with Crippen LogP contribution in [0, 0.1) is 0 Å². The van der Waals surface area contributed by atoms with E-state index in [0.29, 0.717) is 0 Å². The van der Waals surface area contributed by atoms with Crippen molar-refractivity contribution in [2.45, 2.75) is 32.4 Å². The Bertz CT molecular complexity index is 666. The van der Waals surface area contributed by atoms with E-state index in [1.165, 1.54) is 21.3 Å². The number of hydrogen-bond acceptors (Lipinski definition) is 3. The van der Waals surface area contributed by atoms with Crippen LogP contribution < -0.4 is 10.6 Å². The summed E-state index contributed by atoms with van der Waals surface area (Å²) in [4.78, 5) is 5.02. The molecule has 2 aromatic carbocycles. The van der Waals surface area contributed by atoms with Gasteiger partial charge in [-0.3, -0.25) is 4.90 Å². The lowest BCUT2D eigenvalue weighted by molar-refractivity contribution is 0.250. The predicted molar refractivity (Wildman–Crippen MR) is 110 cm³/mol. The van der Waals surface area contributed by atoms with Gasteiger partial charge in [-0.05, 0) is 52.0 Å². The van der Waals surface area contributed by atoms with Crippen LogP contribution in [0.15, 0.2) is 53.0 Å². The molecule has 1 aliphatic rings. The van der Waals surface area contributed by atoms with Crippen LogP contribution in [0.2, 0.25) is 0 Å². The summed E-state index contributed by atoms with van der Waals surface area (Å²) in [7, 11) is 0. The van der Waals surface area contributed by atoms with Crippen molar-refractivity contribution in [1.82, 2.24) is 4.90 Å². The van der Waals surface area contributed by atoms with E-state index in [4.69, 9.17) is 5.73 Å². The van der Waals surface area contributed by atoms with Crippen LogP contribution >= 0.6 is 15.9 Å². The summed E-state index contributed by atoms with van der Waals surface area (Å²) in [6.07, 6.45) is 1.96. The Morgan fingerprint density at radius 1 is 1.00 bits per heavy atom.